The topological polar surface area (TPSA) is 41.6 Å². The number of hydrogen-bond acceptors (Lipinski definition) is 3. The molecule has 0 radical (unpaired) electrons. The summed E-state index contributed by atoms with van der Waals surface area (Å²) in [6.45, 7) is 5.47. The molecule has 4 nitrogen and oxygen atoms in total. The van der Waals surface area contributed by atoms with Gasteiger partial charge >= 0.3 is 0 Å². The molecule has 15 heavy (non-hydrogen) atoms. The molecule has 0 bridgehead atoms. The first kappa shape index (κ1) is 12.5. The van der Waals surface area contributed by atoms with Crippen LogP contribution in [-0.2, 0) is 9.53 Å². The fourth-order valence-electron chi connectivity index (χ4n) is 1.78. The minimum absolute atomic E-state index is 0.0361. The Bertz CT molecular complexity index is 209. The van der Waals surface area contributed by atoms with E-state index in [-0.39, 0.29) is 18.1 Å². The van der Waals surface area contributed by atoms with Crippen molar-refractivity contribution >= 4 is 5.91 Å². The third kappa shape index (κ3) is 3.47. The van der Waals surface area contributed by atoms with Crippen LogP contribution in [0.3, 0.4) is 0 Å². The molecule has 2 unspecified atom stereocenters. The zero-order valence-corrected chi connectivity index (χ0v) is 9.95. The number of nitrogens with one attached hydrogen (secondary N) is 1. The second-order valence-electron chi connectivity index (χ2n) is 4.16. The summed E-state index contributed by atoms with van der Waals surface area (Å²) in [4.78, 5) is 13.7. The fraction of sp³-hybridized carbons (Fsp3) is 0.909. The summed E-state index contributed by atoms with van der Waals surface area (Å²) in [5.41, 5.74) is 0. The van der Waals surface area contributed by atoms with Crippen LogP contribution in [0.15, 0.2) is 0 Å². The van der Waals surface area contributed by atoms with E-state index in [2.05, 4.69) is 12.2 Å². The van der Waals surface area contributed by atoms with Crippen molar-refractivity contribution in [2.24, 2.45) is 0 Å². The van der Waals surface area contributed by atoms with E-state index < -0.39 is 0 Å². The van der Waals surface area contributed by atoms with Crippen molar-refractivity contribution in [1.29, 1.82) is 0 Å². The molecule has 1 rings (SSSR count). The van der Waals surface area contributed by atoms with Crippen LogP contribution in [0.4, 0.5) is 0 Å². The molecule has 4 heteroatoms. The highest BCUT2D eigenvalue weighted by atomic mass is 16.5. The first-order valence-electron chi connectivity index (χ1n) is 5.74. The average Bonchev–Trinajstić information content (AvgIpc) is 2.57. The van der Waals surface area contributed by atoms with E-state index in [4.69, 9.17) is 4.74 Å². The predicted molar refractivity (Wildman–Crippen MR) is 59.5 cm³/mol. The zero-order chi connectivity index (χ0) is 11.3. The van der Waals surface area contributed by atoms with Crippen molar-refractivity contribution < 1.29 is 9.53 Å². The number of nitrogens with zero attached hydrogens (tertiary/aromatic N) is 1. The van der Waals surface area contributed by atoms with Crippen LogP contribution in [0.5, 0.6) is 0 Å². The van der Waals surface area contributed by atoms with E-state index in [9.17, 15) is 4.79 Å². The van der Waals surface area contributed by atoms with Gasteiger partial charge in [0.05, 0.1) is 18.8 Å². The molecule has 1 amide bonds. The molecule has 1 aliphatic heterocycles. The van der Waals surface area contributed by atoms with Crippen LogP contribution >= 0.6 is 0 Å². The number of amides is 1. The molecule has 1 N–H and O–H groups in total. The van der Waals surface area contributed by atoms with Crippen molar-refractivity contribution in [3.05, 3.63) is 0 Å². The summed E-state index contributed by atoms with van der Waals surface area (Å²) in [5.74, 6) is 0.229. The fourth-order valence-corrected chi connectivity index (χ4v) is 1.78. The van der Waals surface area contributed by atoms with Gasteiger partial charge in [0.2, 0.25) is 5.91 Å². The van der Waals surface area contributed by atoms with Crippen LogP contribution in [0.25, 0.3) is 0 Å². The van der Waals surface area contributed by atoms with Crippen molar-refractivity contribution in [2.45, 2.75) is 45.3 Å². The Morgan fingerprint density at radius 1 is 1.67 bits per heavy atom. The number of carbonyl (C=O) groups excluding carboxylic acids is 1. The number of unbranched alkanes of at least 4 members (excludes halogenated alkanes) is 1. The van der Waals surface area contributed by atoms with E-state index in [0.717, 1.165) is 19.3 Å². The van der Waals surface area contributed by atoms with Crippen LogP contribution < -0.4 is 5.32 Å². The minimum Gasteiger partial charge on any atom is -0.380 e. The molecule has 88 valence electrons. The summed E-state index contributed by atoms with van der Waals surface area (Å²) in [5, 5.41) is 3.24. The van der Waals surface area contributed by atoms with Gasteiger partial charge in [0.15, 0.2) is 0 Å². The summed E-state index contributed by atoms with van der Waals surface area (Å²) in [6, 6.07) is 0.0361. The maximum absolute atomic E-state index is 11.9. The molecular formula is C11H22N2O2. The van der Waals surface area contributed by atoms with Gasteiger partial charge in [0.1, 0.15) is 0 Å². The summed E-state index contributed by atoms with van der Waals surface area (Å²) < 4.78 is 5.16. The Balaban J connectivity index is 2.35. The molecular weight excluding hydrogens is 192 g/mol. The zero-order valence-electron chi connectivity index (χ0n) is 9.95. The predicted octanol–water partition coefficient (Wildman–Crippen LogP) is 0.969. The lowest BCUT2D eigenvalue weighted by atomic mass is 10.1. The van der Waals surface area contributed by atoms with Gasteiger partial charge in [-0.05, 0) is 13.3 Å². The SMILES string of the molecule is CCCCC1NCN(CC(C)OC)C1=O. The van der Waals surface area contributed by atoms with Crippen LogP contribution in [-0.4, -0.2) is 43.3 Å². The molecule has 1 fully saturated rings. The van der Waals surface area contributed by atoms with Crippen molar-refractivity contribution in [3.63, 3.8) is 0 Å². The maximum Gasteiger partial charge on any atom is 0.240 e. The summed E-state index contributed by atoms with van der Waals surface area (Å²) >= 11 is 0. The van der Waals surface area contributed by atoms with Gasteiger partial charge in [-0.25, -0.2) is 0 Å². The van der Waals surface area contributed by atoms with Crippen LogP contribution in [0.1, 0.15) is 33.1 Å². The van der Waals surface area contributed by atoms with E-state index in [0.29, 0.717) is 13.2 Å². The molecule has 1 saturated heterocycles. The first-order chi connectivity index (χ1) is 7.19. The van der Waals surface area contributed by atoms with Gasteiger partial charge in [-0.3, -0.25) is 10.1 Å². The smallest absolute Gasteiger partial charge is 0.240 e. The van der Waals surface area contributed by atoms with E-state index in [1.54, 1.807) is 7.11 Å². The highest BCUT2D eigenvalue weighted by molar-refractivity contribution is 5.83. The molecule has 0 aromatic heterocycles. The monoisotopic (exact) mass is 214 g/mol. The molecule has 0 aromatic rings. The molecule has 1 aliphatic rings. The van der Waals surface area contributed by atoms with Crippen molar-refractivity contribution in [3.8, 4) is 0 Å². The minimum atomic E-state index is 0.0361. The molecule has 0 aromatic carbocycles. The Hall–Kier alpha value is -0.610. The third-order valence-corrected chi connectivity index (χ3v) is 2.86. The van der Waals surface area contributed by atoms with Crippen LogP contribution in [0.2, 0.25) is 0 Å². The largest absolute Gasteiger partial charge is 0.380 e. The van der Waals surface area contributed by atoms with Crippen molar-refractivity contribution in [2.75, 3.05) is 20.3 Å². The Morgan fingerprint density at radius 2 is 2.40 bits per heavy atom. The summed E-state index contributed by atoms with van der Waals surface area (Å²) in [6.07, 6.45) is 3.31. The number of hydrogen-bond donors (Lipinski definition) is 1. The van der Waals surface area contributed by atoms with Gasteiger partial charge in [0, 0.05) is 13.7 Å². The summed E-state index contributed by atoms with van der Waals surface area (Å²) in [7, 11) is 1.67. The van der Waals surface area contributed by atoms with Gasteiger partial charge in [-0.1, -0.05) is 19.8 Å². The molecule has 0 spiro atoms. The Morgan fingerprint density at radius 3 is 3.00 bits per heavy atom. The highest BCUT2D eigenvalue weighted by Crippen LogP contribution is 2.11. The third-order valence-electron chi connectivity index (χ3n) is 2.86. The molecule has 0 aliphatic carbocycles. The van der Waals surface area contributed by atoms with Gasteiger partial charge < -0.3 is 9.64 Å². The second kappa shape index (κ2) is 6.08. The number of methoxy groups -OCH3 is 1. The quantitative estimate of drug-likeness (QED) is 0.716. The lowest BCUT2D eigenvalue weighted by Crippen LogP contribution is -2.35. The lowest BCUT2D eigenvalue weighted by molar-refractivity contribution is -0.130. The lowest BCUT2D eigenvalue weighted by Gasteiger charge is -2.19. The van der Waals surface area contributed by atoms with Crippen molar-refractivity contribution in [1.82, 2.24) is 10.2 Å². The normalized spacial score (nSPS) is 23.5. The number of ether oxygens (including phenoxy) is 1. The van der Waals surface area contributed by atoms with Gasteiger partial charge in [-0.2, -0.15) is 0 Å². The van der Waals surface area contributed by atoms with E-state index >= 15 is 0 Å². The Labute approximate surface area is 92.0 Å². The van der Waals surface area contributed by atoms with Crippen LogP contribution in [0, 0.1) is 0 Å². The number of rotatable bonds is 6. The number of carbonyl (C=O) groups is 1. The average molecular weight is 214 g/mol. The highest BCUT2D eigenvalue weighted by Gasteiger charge is 2.30. The first-order valence-corrected chi connectivity index (χ1v) is 5.74. The van der Waals surface area contributed by atoms with E-state index in [1.165, 1.54) is 0 Å². The van der Waals surface area contributed by atoms with Gasteiger partial charge in [0.25, 0.3) is 0 Å². The second-order valence-corrected chi connectivity index (χ2v) is 4.16. The molecule has 2 atom stereocenters. The maximum atomic E-state index is 11.9. The molecule has 0 saturated carbocycles. The standard InChI is InChI=1S/C11H22N2O2/c1-4-5-6-10-11(14)13(8-12-10)7-9(2)15-3/h9-10,12H,4-8H2,1-3H3. The van der Waals surface area contributed by atoms with Gasteiger partial charge in [-0.15, -0.1) is 0 Å². The van der Waals surface area contributed by atoms with E-state index in [1.807, 2.05) is 11.8 Å². The molecule has 1 heterocycles. The Kier molecular flexibility index (Phi) is 5.05.